The smallest absolute Gasteiger partial charge is 0.226 e. The summed E-state index contributed by atoms with van der Waals surface area (Å²) in [7, 11) is 0. The van der Waals surface area contributed by atoms with Crippen molar-refractivity contribution in [1.82, 2.24) is 15.0 Å². The zero-order chi connectivity index (χ0) is 21.7. The van der Waals surface area contributed by atoms with Crippen LogP contribution in [0.5, 0.6) is 5.75 Å². The van der Waals surface area contributed by atoms with Crippen molar-refractivity contribution in [3.05, 3.63) is 46.1 Å². The Kier molecular flexibility index (Phi) is 7.44. The van der Waals surface area contributed by atoms with Crippen molar-refractivity contribution in [3.63, 3.8) is 0 Å². The van der Waals surface area contributed by atoms with Gasteiger partial charge in [0.05, 0.1) is 12.3 Å². The van der Waals surface area contributed by atoms with Crippen LogP contribution in [0.25, 0.3) is 11.3 Å². The summed E-state index contributed by atoms with van der Waals surface area (Å²) >= 11 is 3.00. The van der Waals surface area contributed by atoms with E-state index in [0.717, 1.165) is 44.0 Å². The molecule has 8 heteroatoms. The average molecular weight is 443 g/mol. The van der Waals surface area contributed by atoms with Gasteiger partial charge >= 0.3 is 0 Å². The number of nitrogens with one attached hydrogen (secondary N) is 1. The molecule has 0 atom stereocenters. The van der Waals surface area contributed by atoms with Gasteiger partial charge in [0.2, 0.25) is 5.91 Å². The minimum Gasteiger partial charge on any atom is -0.494 e. The second kappa shape index (κ2) is 10.0. The maximum atomic E-state index is 12.5. The van der Waals surface area contributed by atoms with Gasteiger partial charge in [-0.1, -0.05) is 11.8 Å². The van der Waals surface area contributed by atoms with Gasteiger partial charge in [0.15, 0.2) is 10.3 Å². The number of nitrogens with zero attached hydrogens (tertiary/aromatic N) is 3. The topological polar surface area (TPSA) is 77.0 Å². The third-order valence-corrected chi connectivity index (χ3v) is 6.10. The highest BCUT2D eigenvalue weighted by Gasteiger charge is 2.14. The number of benzene rings is 1. The summed E-state index contributed by atoms with van der Waals surface area (Å²) in [6, 6.07) is 7.85. The van der Waals surface area contributed by atoms with Crippen molar-refractivity contribution in [3.8, 4) is 17.0 Å². The van der Waals surface area contributed by atoms with E-state index >= 15 is 0 Å². The third kappa shape index (κ3) is 5.37. The maximum Gasteiger partial charge on any atom is 0.226 e. The average Bonchev–Trinajstić information content (AvgIpc) is 3.07. The molecule has 0 aliphatic rings. The number of anilines is 1. The summed E-state index contributed by atoms with van der Waals surface area (Å²) in [6.45, 7) is 8.54. The molecule has 0 aliphatic carbocycles. The number of carbonyl (C=O) groups excluding carboxylic acids is 1. The van der Waals surface area contributed by atoms with Gasteiger partial charge in [-0.15, -0.1) is 11.3 Å². The Balaban J connectivity index is 1.64. The Hall–Kier alpha value is -2.45. The van der Waals surface area contributed by atoms with Gasteiger partial charge in [0.25, 0.3) is 0 Å². The first-order valence-corrected chi connectivity index (χ1v) is 11.8. The molecule has 30 heavy (non-hydrogen) atoms. The van der Waals surface area contributed by atoms with Crippen molar-refractivity contribution < 1.29 is 9.53 Å². The van der Waals surface area contributed by atoms with Gasteiger partial charge in [0, 0.05) is 28.2 Å². The first kappa shape index (κ1) is 22.2. The summed E-state index contributed by atoms with van der Waals surface area (Å²) in [6.07, 6.45) is 2.92. The molecular weight excluding hydrogens is 416 g/mol. The highest BCUT2D eigenvalue weighted by molar-refractivity contribution is 7.98. The summed E-state index contributed by atoms with van der Waals surface area (Å²) in [5.41, 5.74) is 4.79. The first-order chi connectivity index (χ1) is 14.4. The maximum absolute atomic E-state index is 12.5. The summed E-state index contributed by atoms with van der Waals surface area (Å²) in [5, 5.41) is 4.31. The van der Waals surface area contributed by atoms with Crippen LogP contribution in [-0.2, 0) is 11.2 Å². The number of aromatic nitrogens is 3. The molecule has 0 spiro atoms. The number of ether oxygens (including phenoxy) is 1. The van der Waals surface area contributed by atoms with E-state index in [4.69, 9.17) is 4.74 Å². The highest BCUT2D eigenvalue weighted by atomic mass is 32.2. The molecule has 1 N–H and O–H groups in total. The van der Waals surface area contributed by atoms with E-state index < -0.39 is 0 Å². The molecule has 1 aromatic carbocycles. The lowest BCUT2D eigenvalue weighted by Gasteiger charge is -2.09. The lowest BCUT2D eigenvalue weighted by atomic mass is 10.1. The van der Waals surface area contributed by atoms with E-state index in [9.17, 15) is 4.79 Å². The minimum atomic E-state index is -0.0604. The Morgan fingerprint density at radius 2 is 1.77 bits per heavy atom. The van der Waals surface area contributed by atoms with Gasteiger partial charge in [-0.2, -0.15) is 0 Å². The molecule has 0 bridgehead atoms. The van der Waals surface area contributed by atoms with Crippen molar-refractivity contribution in [2.45, 2.75) is 45.7 Å². The number of hydrogen-bond donors (Lipinski definition) is 1. The molecular formula is C22H26N4O2S2. The largest absolute Gasteiger partial charge is 0.494 e. The fourth-order valence-electron chi connectivity index (χ4n) is 3.18. The molecule has 2 heterocycles. The van der Waals surface area contributed by atoms with E-state index in [2.05, 4.69) is 20.3 Å². The Labute approximate surface area is 185 Å². The van der Waals surface area contributed by atoms with E-state index in [1.54, 1.807) is 0 Å². The van der Waals surface area contributed by atoms with Crippen LogP contribution in [-0.4, -0.2) is 33.7 Å². The van der Waals surface area contributed by atoms with Crippen LogP contribution in [0.2, 0.25) is 0 Å². The van der Waals surface area contributed by atoms with E-state index in [1.807, 2.05) is 58.2 Å². The third-order valence-electron chi connectivity index (χ3n) is 4.67. The zero-order valence-corrected chi connectivity index (χ0v) is 19.5. The van der Waals surface area contributed by atoms with Gasteiger partial charge < -0.3 is 10.1 Å². The predicted octanol–water partition coefficient (Wildman–Crippen LogP) is 5.22. The van der Waals surface area contributed by atoms with Crippen LogP contribution >= 0.6 is 23.1 Å². The van der Waals surface area contributed by atoms with Crippen LogP contribution < -0.4 is 10.1 Å². The van der Waals surface area contributed by atoms with E-state index in [-0.39, 0.29) is 5.91 Å². The lowest BCUT2D eigenvalue weighted by molar-refractivity contribution is -0.116. The van der Waals surface area contributed by atoms with Gasteiger partial charge in [0.1, 0.15) is 5.75 Å². The molecule has 0 fully saturated rings. The fraction of sp³-hybridized carbons (Fsp3) is 0.364. The molecule has 1 amide bonds. The predicted molar refractivity (Wildman–Crippen MR) is 124 cm³/mol. The van der Waals surface area contributed by atoms with E-state index in [1.165, 1.54) is 23.1 Å². The first-order valence-electron chi connectivity index (χ1n) is 9.79. The normalized spacial score (nSPS) is 10.8. The van der Waals surface area contributed by atoms with Gasteiger partial charge in [-0.05, 0) is 70.2 Å². The molecule has 0 saturated carbocycles. The molecule has 0 aliphatic heterocycles. The Bertz CT molecular complexity index is 1010. The molecule has 2 aromatic heterocycles. The molecule has 0 saturated heterocycles. The van der Waals surface area contributed by atoms with Crippen molar-refractivity contribution in [2.24, 2.45) is 0 Å². The minimum absolute atomic E-state index is 0.0604. The Morgan fingerprint density at radius 1 is 1.10 bits per heavy atom. The van der Waals surface area contributed by atoms with Crippen molar-refractivity contribution >= 4 is 34.1 Å². The number of rotatable bonds is 8. The number of hydrogen-bond acceptors (Lipinski definition) is 7. The summed E-state index contributed by atoms with van der Waals surface area (Å²) in [5.74, 6) is 0.775. The molecule has 6 nitrogen and oxygen atoms in total. The summed E-state index contributed by atoms with van der Waals surface area (Å²) < 4.78 is 5.49. The van der Waals surface area contributed by atoms with Crippen molar-refractivity contribution in [1.29, 1.82) is 0 Å². The van der Waals surface area contributed by atoms with Gasteiger partial charge in [-0.25, -0.2) is 15.0 Å². The monoisotopic (exact) mass is 442 g/mol. The molecule has 158 valence electrons. The molecule has 0 unspecified atom stereocenters. The number of aryl methyl sites for hydroxylation is 3. The molecule has 3 aromatic rings. The number of amides is 1. The second-order valence-electron chi connectivity index (χ2n) is 6.79. The van der Waals surface area contributed by atoms with Crippen LogP contribution in [0.4, 0.5) is 5.13 Å². The fourth-order valence-corrected chi connectivity index (χ4v) is 4.48. The quantitative estimate of drug-likeness (QED) is 0.381. The van der Waals surface area contributed by atoms with Crippen LogP contribution in [0.1, 0.15) is 35.2 Å². The van der Waals surface area contributed by atoms with Gasteiger partial charge in [-0.3, -0.25) is 4.79 Å². The second-order valence-corrected chi connectivity index (χ2v) is 8.77. The SMILES string of the molecule is CCOc1ccc(-c2nc(NC(=O)CCc3c(C)nc(SC)nc3C)sc2C)cc1. The van der Waals surface area contributed by atoms with Crippen LogP contribution in [0, 0.1) is 20.8 Å². The van der Waals surface area contributed by atoms with Crippen molar-refractivity contribution in [2.75, 3.05) is 18.2 Å². The Morgan fingerprint density at radius 3 is 2.37 bits per heavy atom. The lowest BCUT2D eigenvalue weighted by Crippen LogP contribution is -2.13. The van der Waals surface area contributed by atoms with Crippen LogP contribution in [0.3, 0.4) is 0 Å². The standard InChI is InChI=1S/C22H26N4O2S2/c1-6-28-17-9-7-16(8-10-17)20-15(4)30-22(26-20)25-19(27)12-11-18-13(2)23-21(29-5)24-14(18)3/h7-10H,6,11-12H2,1-5H3,(H,25,26,27). The highest BCUT2D eigenvalue weighted by Crippen LogP contribution is 2.31. The number of thioether (sulfide) groups is 1. The van der Waals surface area contributed by atoms with E-state index in [0.29, 0.717) is 24.6 Å². The zero-order valence-electron chi connectivity index (χ0n) is 17.9. The molecule has 0 radical (unpaired) electrons. The number of thiazole rings is 1. The number of carbonyl (C=O) groups is 1. The summed E-state index contributed by atoms with van der Waals surface area (Å²) in [4.78, 5) is 27.1. The van der Waals surface area contributed by atoms with Crippen LogP contribution in [0.15, 0.2) is 29.4 Å². The molecule has 3 rings (SSSR count).